The highest BCUT2D eigenvalue weighted by Crippen LogP contribution is 2.10. The van der Waals surface area contributed by atoms with Crippen molar-refractivity contribution in [2.45, 2.75) is 25.8 Å². The maximum absolute atomic E-state index is 13.5. The van der Waals surface area contributed by atoms with E-state index in [1.165, 1.54) is 36.8 Å². The van der Waals surface area contributed by atoms with Crippen molar-refractivity contribution in [3.05, 3.63) is 35.1 Å². The number of carbonyl (C=O) groups excluding carboxylic acids is 1. The van der Waals surface area contributed by atoms with Crippen molar-refractivity contribution in [2.75, 3.05) is 18.6 Å². The molecule has 0 heterocycles. The number of nitrogens with two attached hydrogens (primary N) is 1. The molecule has 1 aromatic carbocycles. The van der Waals surface area contributed by atoms with Gasteiger partial charge in [0, 0.05) is 17.7 Å². The van der Waals surface area contributed by atoms with Crippen LogP contribution in [0.25, 0.3) is 0 Å². The molecule has 1 amide bonds. The van der Waals surface area contributed by atoms with Crippen LogP contribution in [0.2, 0.25) is 0 Å². The summed E-state index contributed by atoms with van der Waals surface area (Å²) < 4.78 is 13.5. The summed E-state index contributed by atoms with van der Waals surface area (Å²) in [5.41, 5.74) is 6.00. The summed E-state index contributed by atoms with van der Waals surface area (Å²) in [6.45, 7) is 1.28. The molecule has 0 atom stereocenters. The summed E-state index contributed by atoms with van der Waals surface area (Å²) in [6.07, 6.45) is 5.58. The summed E-state index contributed by atoms with van der Waals surface area (Å²) in [5, 5.41) is 3.19. The van der Waals surface area contributed by atoms with E-state index in [0.29, 0.717) is 17.7 Å². The van der Waals surface area contributed by atoms with Crippen molar-refractivity contribution < 1.29 is 9.18 Å². The Labute approximate surface area is 118 Å². The van der Waals surface area contributed by atoms with Crippen LogP contribution in [-0.2, 0) is 6.54 Å². The highest BCUT2D eigenvalue weighted by molar-refractivity contribution is 7.98. The van der Waals surface area contributed by atoms with Crippen molar-refractivity contribution >= 4 is 17.7 Å². The fourth-order valence-corrected chi connectivity index (χ4v) is 2.25. The second-order valence-electron chi connectivity index (χ2n) is 4.40. The third-order valence-corrected chi connectivity index (χ3v) is 3.54. The second-order valence-corrected chi connectivity index (χ2v) is 5.39. The lowest BCUT2D eigenvalue weighted by Gasteiger charge is -2.07. The molecule has 1 rings (SSSR count). The summed E-state index contributed by atoms with van der Waals surface area (Å²) in [4.78, 5) is 11.0. The smallest absolute Gasteiger partial charge is 0.248 e. The Hall–Kier alpha value is -1.07. The first-order valence-corrected chi connectivity index (χ1v) is 7.82. The molecule has 0 saturated carbocycles. The van der Waals surface area contributed by atoms with Gasteiger partial charge in [-0.05, 0) is 49.6 Å². The second kappa shape index (κ2) is 8.93. The van der Waals surface area contributed by atoms with Crippen LogP contribution in [0.4, 0.5) is 4.39 Å². The first-order chi connectivity index (χ1) is 9.15. The largest absolute Gasteiger partial charge is 0.366 e. The van der Waals surface area contributed by atoms with Crippen molar-refractivity contribution in [3.63, 3.8) is 0 Å². The van der Waals surface area contributed by atoms with E-state index in [4.69, 9.17) is 5.73 Å². The molecule has 0 unspecified atom stereocenters. The Morgan fingerprint density at radius 3 is 2.84 bits per heavy atom. The molecule has 1 aromatic rings. The zero-order valence-electron chi connectivity index (χ0n) is 11.2. The van der Waals surface area contributed by atoms with Gasteiger partial charge in [0.05, 0.1) is 0 Å². The van der Waals surface area contributed by atoms with Crippen LogP contribution >= 0.6 is 11.8 Å². The van der Waals surface area contributed by atoms with Gasteiger partial charge in [0.1, 0.15) is 5.82 Å². The van der Waals surface area contributed by atoms with Crippen molar-refractivity contribution in [1.29, 1.82) is 0 Å². The number of hydrogen-bond acceptors (Lipinski definition) is 3. The minimum Gasteiger partial charge on any atom is -0.366 e. The van der Waals surface area contributed by atoms with Gasteiger partial charge in [0.15, 0.2) is 0 Å². The van der Waals surface area contributed by atoms with E-state index in [0.717, 1.165) is 13.0 Å². The van der Waals surface area contributed by atoms with Gasteiger partial charge in [-0.2, -0.15) is 11.8 Å². The van der Waals surface area contributed by atoms with Gasteiger partial charge in [-0.25, -0.2) is 4.39 Å². The zero-order chi connectivity index (χ0) is 14.1. The van der Waals surface area contributed by atoms with E-state index in [2.05, 4.69) is 11.6 Å². The van der Waals surface area contributed by atoms with E-state index >= 15 is 0 Å². The number of amides is 1. The Morgan fingerprint density at radius 2 is 2.16 bits per heavy atom. The number of halogens is 1. The van der Waals surface area contributed by atoms with E-state index in [9.17, 15) is 9.18 Å². The minimum atomic E-state index is -0.529. The number of primary amides is 1. The molecule has 19 heavy (non-hydrogen) atoms. The summed E-state index contributed by atoms with van der Waals surface area (Å²) in [6, 6.07) is 4.21. The number of unbranched alkanes of at least 4 members (excludes halogenated alkanes) is 2. The summed E-state index contributed by atoms with van der Waals surface area (Å²) in [7, 11) is 0. The quantitative estimate of drug-likeness (QED) is 0.685. The van der Waals surface area contributed by atoms with Crippen LogP contribution in [-0.4, -0.2) is 24.5 Å². The molecule has 0 aliphatic rings. The first-order valence-electron chi connectivity index (χ1n) is 6.43. The topological polar surface area (TPSA) is 55.1 Å². The molecule has 0 aliphatic carbocycles. The standard InChI is InChI=1S/C14H21FN2OS/c1-19-8-4-2-3-7-17-10-12-9-11(14(16)18)5-6-13(12)15/h5-6,9,17H,2-4,7-8,10H2,1H3,(H2,16,18). The lowest BCUT2D eigenvalue weighted by Crippen LogP contribution is -2.17. The molecule has 0 radical (unpaired) electrons. The van der Waals surface area contributed by atoms with E-state index < -0.39 is 5.91 Å². The number of nitrogens with one attached hydrogen (secondary N) is 1. The SMILES string of the molecule is CSCCCCCNCc1cc(C(N)=O)ccc1F. The van der Waals surface area contributed by atoms with Crippen LogP contribution in [0.15, 0.2) is 18.2 Å². The van der Waals surface area contributed by atoms with Crippen LogP contribution < -0.4 is 11.1 Å². The molecule has 3 nitrogen and oxygen atoms in total. The molecule has 0 aromatic heterocycles. The van der Waals surface area contributed by atoms with Gasteiger partial charge >= 0.3 is 0 Å². The molecule has 0 spiro atoms. The normalized spacial score (nSPS) is 10.6. The van der Waals surface area contributed by atoms with Gasteiger partial charge in [-0.15, -0.1) is 0 Å². The van der Waals surface area contributed by atoms with E-state index in [1.54, 1.807) is 0 Å². The number of rotatable bonds is 9. The van der Waals surface area contributed by atoms with Crippen LogP contribution in [0, 0.1) is 5.82 Å². The predicted molar refractivity (Wildman–Crippen MR) is 78.9 cm³/mol. The third kappa shape index (κ3) is 6.07. The molecule has 0 aliphatic heterocycles. The van der Waals surface area contributed by atoms with Gasteiger partial charge in [-0.3, -0.25) is 4.79 Å². The average Bonchev–Trinajstić information content (AvgIpc) is 2.39. The fraction of sp³-hybridized carbons (Fsp3) is 0.500. The Morgan fingerprint density at radius 1 is 1.37 bits per heavy atom. The van der Waals surface area contributed by atoms with Gasteiger partial charge < -0.3 is 11.1 Å². The van der Waals surface area contributed by atoms with Crippen LogP contribution in [0.5, 0.6) is 0 Å². The van der Waals surface area contributed by atoms with Crippen molar-refractivity contribution in [3.8, 4) is 0 Å². The number of benzene rings is 1. The van der Waals surface area contributed by atoms with Crippen molar-refractivity contribution in [1.82, 2.24) is 5.32 Å². The average molecular weight is 284 g/mol. The monoisotopic (exact) mass is 284 g/mol. The Kier molecular flexibility index (Phi) is 7.52. The van der Waals surface area contributed by atoms with Crippen LogP contribution in [0.3, 0.4) is 0 Å². The summed E-state index contributed by atoms with van der Waals surface area (Å²) in [5.74, 6) is 0.355. The third-order valence-electron chi connectivity index (χ3n) is 2.85. The first kappa shape index (κ1) is 16.0. The Balaban J connectivity index is 2.32. The minimum absolute atomic E-state index is 0.306. The van der Waals surface area contributed by atoms with E-state index in [-0.39, 0.29) is 5.82 Å². The van der Waals surface area contributed by atoms with Crippen molar-refractivity contribution in [2.24, 2.45) is 5.73 Å². The lowest BCUT2D eigenvalue weighted by molar-refractivity contribution is 0.1000. The van der Waals surface area contributed by atoms with E-state index in [1.807, 2.05) is 11.8 Å². The molecule has 0 saturated heterocycles. The fourth-order valence-electron chi connectivity index (χ4n) is 1.76. The van der Waals surface area contributed by atoms with Gasteiger partial charge in [0.2, 0.25) is 5.91 Å². The number of hydrogen-bond donors (Lipinski definition) is 2. The van der Waals surface area contributed by atoms with Gasteiger partial charge in [-0.1, -0.05) is 6.42 Å². The maximum atomic E-state index is 13.5. The molecule has 106 valence electrons. The lowest BCUT2D eigenvalue weighted by atomic mass is 10.1. The molecular formula is C14H21FN2OS. The highest BCUT2D eigenvalue weighted by Gasteiger charge is 2.06. The Bertz CT molecular complexity index is 412. The molecule has 5 heteroatoms. The molecular weight excluding hydrogens is 263 g/mol. The molecule has 0 bridgehead atoms. The molecule has 3 N–H and O–H groups in total. The molecule has 0 fully saturated rings. The van der Waals surface area contributed by atoms with Crippen LogP contribution in [0.1, 0.15) is 35.2 Å². The maximum Gasteiger partial charge on any atom is 0.248 e. The predicted octanol–water partition coefficient (Wildman–Crippen LogP) is 2.55. The van der Waals surface area contributed by atoms with Gasteiger partial charge in [0.25, 0.3) is 0 Å². The summed E-state index contributed by atoms with van der Waals surface area (Å²) >= 11 is 1.85. The highest BCUT2D eigenvalue weighted by atomic mass is 32.2. The zero-order valence-corrected chi connectivity index (χ0v) is 12.1. The number of carbonyl (C=O) groups is 1. The number of thioether (sulfide) groups is 1.